The first kappa shape index (κ1) is 15.7. The predicted octanol–water partition coefficient (Wildman–Crippen LogP) is 0.268. The van der Waals surface area contributed by atoms with Gasteiger partial charge in [-0.05, 0) is 20.3 Å². The van der Waals surface area contributed by atoms with Gasteiger partial charge >= 0.3 is 11.9 Å². The number of aliphatic carboxylic acids is 2. The lowest BCUT2D eigenvalue weighted by atomic mass is 10.1. The zero-order chi connectivity index (χ0) is 15.3. The standard InChI is InChI=1S/C12H16N2O6/c1-6-8(7(2)20-14-6)3-4-10(15)13-9(12(18)19)5-11(16)17/h9H,3-5H2,1-2H3,(H,13,15)(H,16,17)(H,18,19)/t9-/m0/s1. The third kappa shape index (κ3) is 4.38. The number of carboxylic acids is 2. The molecule has 0 radical (unpaired) electrons. The molecule has 0 unspecified atom stereocenters. The number of hydrogen-bond donors (Lipinski definition) is 3. The van der Waals surface area contributed by atoms with Crippen molar-refractivity contribution in [3.05, 3.63) is 17.0 Å². The Kier molecular flexibility index (Phi) is 5.24. The lowest BCUT2D eigenvalue weighted by Crippen LogP contribution is -2.42. The van der Waals surface area contributed by atoms with Crippen LogP contribution in [0.25, 0.3) is 0 Å². The van der Waals surface area contributed by atoms with Gasteiger partial charge in [-0.15, -0.1) is 0 Å². The zero-order valence-electron chi connectivity index (χ0n) is 11.2. The van der Waals surface area contributed by atoms with Crippen molar-refractivity contribution in [2.24, 2.45) is 0 Å². The van der Waals surface area contributed by atoms with Crippen LogP contribution in [0, 0.1) is 13.8 Å². The summed E-state index contributed by atoms with van der Waals surface area (Å²) in [6.07, 6.45) is -0.273. The minimum atomic E-state index is -1.43. The average molecular weight is 284 g/mol. The molecule has 1 aromatic heterocycles. The van der Waals surface area contributed by atoms with Crippen LogP contribution in [0.5, 0.6) is 0 Å². The van der Waals surface area contributed by atoms with Crippen molar-refractivity contribution >= 4 is 17.8 Å². The molecule has 20 heavy (non-hydrogen) atoms. The molecular weight excluding hydrogens is 268 g/mol. The Balaban J connectivity index is 2.54. The Hall–Kier alpha value is -2.38. The predicted molar refractivity (Wildman–Crippen MR) is 66.1 cm³/mol. The van der Waals surface area contributed by atoms with E-state index in [1.807, 2.05) is 0 Å². The van der Waals surface area contributed by atoms with Gasteiger partial charge in [0.05, 0.1) is 12.1 Å². The van der Waals surface area contributed by atoms with Crippen LogP contribution in [0.2, 0.25) is 0 Å². The van der Waals surface area contributed by atoms with E-state index in [4.69, 9.17) is 14.7 Å². The molecule has 0 saturated heterocycles. The van der Waals surface area contributed by atoms with E-state index in [2.05, 4.69) is 10.5 Å². The summed E-state index contributed by atoms with van der Waals surface area (Å²) in [5.41, 5.74) is 1.47. The highest BCUT2D eigenvalue weighted by Gasteiger charge is 2.23. The Morgan fingerprint density at radius 1 is 1.30 bits per heavy atom. The molecule has 0 fully saturated rings. The highest BCUT2D eigenvalue weighted by atomic mass is 16.5. The third-order valence-corrected chi connectivity index (χ3v) is 2.80. The van der Waals surface area contributed by atoms with Gasteiger partial charge in [0, 0.05) is 12.0 Å². The molecule has 1 atom stereocenters. The number of amides is 1. The van der Waals surface area contributed by atoms with E-state index in [0.29, 0.717) is 17.9 Å². The maximum absolute atomic E-state index is 11.6. The Labute approximate surface area is 114 Å². The monoisotopic (exact) mass is 284 g/mol. The van der Waals surface area contributed by atoms with E-state index in [1.165, 1.54) is 0 Å². The molecule has 0 aliphatic rings. The SMILES string of the molecule is Cc1noc(C)c1CCC(=O)N[C@@H](CC(=O)O)C(=O)O. The minimum absolute atomic E-state index is 0.0340. The summed E-state index contributed by atoms with van der Waals surface area (Å²) in [5, 5.41) is 23.3. The first-order chi connectivity index (χ1) is 9.31. The number of nitrogens with one attached hydrogen (secondary N) is 1. The first-order valence-corrected chi connectivity index (χ1v) is 5.97. The minimum Gasteiger partial charge on any atom is -0.481 e. The number of carbonyl (C=O) groups is 3. The molecule has 3 N–H and O–H groups in total. The second-order valence-corrected chi connectivity index (χ2v) is 4.36. The zero-order valence-corrected chi connectivity index (χ0v) is 11.2. The number of rotatable bonds is 7. The molecule has 1 rings (SSSR count). The average Bonchev–Trinajstić information content (AvgIpc) is 2.65. The van der Waals surface area contributed by atoms with Crippen molar-refractivity contribution in [2.45, 2.75) is 39.2 Å². The van der Waals surface area contributed by atoms with E-state index < -0.39 is 30.3 Å². The van der Waals surface area contributed by atoms with Gasteiger partial charge in [0.2, 0.25) is 5.91 Å². The summed E-state index contributed by atoms with van der Waals surface area (Å²) < 4.78 is 4.95. The fourth-order valence-corrected chi connectivity index (χ4v) is 1.74. The molecule has 1 heterocycles. The summed E-state index contributed by atoms with van der Waals surface area (Å²) >= 11 is 0. The van der Waals surface area contributed by atoms with Gasteiger partial charge in [0.15, 0.2) is 0 Å². The maximum atomic E-state index is 11.6. The largest absolute Gasteiger partial charge is 0.481 e. The molecule has 0 aromatic carbocycles. The van der Waals surface area contributed by atoms with Crippen LogP contribution < -0.4 is 5.32 Å². The summed E-state index contributed by atoms with van der Waals surface area (Å²) in [5.74, 6) is -2.59. The molecule has 8 heteroatoms. The summed E-state index contributed by atoms with van der Waals surface area (Å²) in [7, 11) is 0. The van der Waals surface area contributed by atoms with Gasteiger partial charge in [-0.3, -0.25) is 9.59 Å². The van der Waals surface area contributed by atoms with Gasteiger partial charge in [-0.1, -0.05) is 5.16 Å². The first-order valence-electron chi connectivity index (χ1n) is 5.97. The smallest absolute Gasteiger partial charge is 0.326 e. The molecule has 1 aromatic rings. The van der Waals surface area contributed by atoms with Gasteiger partial charge in [0.25, 0.3) is 0 Å². The van der Waals surface area contributed by atoms with Crippen LogP contribution in [0.1, 0.15) is 29.9 Å². The summed E-state index contributed by atoms with van der Waals surface area (Å²) in [4.78, 5) is 32.9. The molecule has 8 nitrogen and oxygen atoms in total. The van der Waals surface area contributed by atoms with Crippen molar-refractivity contribution < 1.29 is 29.1 Å². The van der Waals surface area contributed by atoms with E-state index in [0.717, 1.165) is 5.56 Å². The molecule has 0 spiro atoms. The van der Waals surface area contributed by atoms with Crippen molar-refractivity contribution in [3.63, 3.8) is 0 Å². The molecule has 1 amide bonds. The fourth-order valence-electron chi connectivity index (χ4n) is 1.74. The van der Waals surface area contributed by atoms with Crippen LogP contribution in [0.15, 0.2) is 4.52 Å². The normalized spacial score (nSPS) is 11.9. The quantitative estimate of drug-likeness (QED) is 0.655. The number of aryl methyl sites for hydroxylation is 2. The van der Waals surface area contributed by atoms with Crippen molar-refractivity contribution in [1.82, 2.24) is 10.5 Å². The molecule has 110 valence electrons. The second-order valence-electron chi connectivity index (χ2n) is 4.36. The Bertz CT molecular complexity index is 503. The number of nitrogens with zero attached hydrogens (tertiary/aromatic N) is 1. The van der Waals surface area contributed by atoms with E-state index in [1.54, 1.807) is 13.8 Å². The van der Waals surface area contributed by atoms with Crippen LogP contribution >= 0.6 is 0 Å². The Morgan fingerprint density at radius 2 is 1.95 bits per heavy atom. The van der Waals surface area contributed by atoms with Gasteiger partial charge in [-0.2, -0.15) is 0 Å². The second kappa shape index (κ2) is 6.69. The molecular formula is C12H16N2O6. The molecule has 0 bridgehead atoms. The van der Waals surface area contributed by atoms with Gasteiger partial charge < -0.3 is 20.1 Å². The van der Waals surface area contributed by atoms with E-state index in [-0.39, 0.29) is 6.42 Å². The summed E-state index contributed by atoms with van der Waals surface area (Å²) in [6.45, 7) is 3.46. The van der Waals surface area contributed by atoms with E-state index >= 15 is 0 Å². The third-order valence-electron chi connectivity index (χ3n) is 2.80. The van der Waals surface area contributed by atoms with Crippen molar-refractivity contribution in [1.29, 1.82) is 0 Å². The highest BCUT2D eigenvalue weighted by molar-refractivity contribution is 5.86. The number of carboxylic acid groups (broad SMARTS) is 2. The Morgan fingerprint density at radius 3 is 2.40 bits per heavy atom. The van der Waals surface area contributed by atoms with Crippen LogP contribution in [-0.2, 0) is 20.8 Å². The number of carbonyl (C=O) groups excluding carboxylic acids is 1. The topological polar surface area (TPSA) is 130 Å². The number of hydrogen-bond acceptors (Lipinski definition) is 5. The van der Waals surface area contributed by atoms with Crippen molar-refractivity contribution in [3.8, 4) is 0 Å². The van der Waals surface area contributed by atoms with Gasteiger partial charge in [0.1, 0.15) is 11.8 Å². The molecule has 0 aliphatic heterocycles. The van der Waals surface area contributed by atoms with Crippen molar-refractivity contribution in [2.75, 3.05) is 0 Å². The lowest BCUT2D eigenvalue weighted by molar-refractivity contribution is -0.147. The highest BCUT2D eigenvalue weighted by Crippen LogP contribution is 2.14. The van der Waals surface area contributed by atoms with Crippen LogP contribution in [0.4, 0.5) is 0 Å². The molecule has 0 aliphatic carbocycles. The maximum Gasteiger partial charge on any atom is 0.326 e. The fraction of sp³-hybridized carbons (Fsp3) is 0.500. The van der Waals surface area contributed by atoms with Crippen LogP contribution in [-0.4, -0.2) is 39.3 Å². The van der Waals surface area contributed by atoms with Crippen LogP contribution in [0.3, 0.4) is 0 Å². The molecule has 0 saturated carbocycles. The van der Waals surface area contributed by atoms with Gasteiger partial charge in [-0.25, -0.2) is 4.79 Å². The number of aromatic nitrogens is 1. The van der Waals surface area contributed by atoms with E-state index in [9.17, 15) is 14.4 Å². The summed E-state index contributed by atoms with van der Waals surface area (Å²) in [6, 6.07) is -1.43. The lowest BCUT2D eigenvalue weighted by Gasteiger charge is -2.12.